The molecule has 0 saturated heterocycles. The van der Waals surface area contributed by atoms with Crippen LogP contribution in [0.2, 0.25) is 0 Å². The molecule has 0 aromatic heterocycles. The second-order valence-corrected chi connectivity index (χ2v) is 6.44. The first-order valence-corrected chi connectivity index (χ1v) is 7.89. The van der Waals surface area contributed by atoms with Crippen LogP contribution < -0.4 is 10.1 Å². The Bertz CT molecular complexity index is 421. The predicted octanol–water partition coefficient (Wildman–Crippen LogP) is 4.31. The van der Waals surface area contributed by atoms with Crippen LogP contribution in [-0.4, -0.2) is 25.9 Å². The molecule has 0 aliphatic carbocycles. The molecule has 1 unspecified atom stereocenters. The molecule has 0 aliphatic heterocycles. The van der Waals surface area contributed by atoms with Gasteiger partial charge in [0.05, 0.1) is 12.2 Å². The predicted molar refractivity (Wildman–Crippen MR) is 87.4 cm³/mol. The summed E-state index contributed by atoms with van der Waals surface area (Å²) in [4.78, 5) is 0. The molecule has 0 bridgehead atoms. The summed E-state index contributed by atoms with van der Waals surface area (Å²) in [5.74, 6) is 0.938. The minimum atomic E-state index is -0.150. The molecule has 0 heterocycles. The maximum Gasteiger partial charge on any atom is 0.124 e. The van der Waals surface area contributed by atoms with Crippen molar-refractivity contribution in [2.45, 2.75) is 45.8 Å². The highest BCUT2D eigenvalue weighted by Gasteiger charge is 2.17. The van der Waals surface area contributed by atoms with E-state index < -0.39 is 0 Å². The van der Waals surface area contributed by atoms with E-state index in [9.17, 15) is 0 Å². The van der Waals surface area contributed by atoms with Gasteiger partial charge in [0.2, 0.25) is 0 Å². The monoisotopic (exact) mass is 343 g/mol. The van der Waals surface area contributed by atoms with Gasteiger partial charge in [0.1, 0.15) is 5.75 Å². The van der Waals surface area contributed by atoms with E-state index in [4.69, 9.17) is 9.47 Å². The molecule has 1 atom stereocenters. The molecule has 0 aliphatic rings. The van der Waals surface area contributed by atoms with Crippen molar-refractivity contribution < 1.29 is 9.47 Å². The molecule has 1 N–H and O–H groups in total. The Balaban J connectivity index is 2.74. The molecule has 1 rings (SSSR count). The Morgan fingerprint density at radius 1 is 1.35 bits per heavy atom. The van der Waals surface area contributed by atoms with Gasteiger partial charge in [-0.1, -0.05) is 22.9 Å². The number of rotatable bonds is 8. The number of ether oxygens (including phenoxy) is 2. The standard InChI is InChI=1S/C16H26BrNO2/c1-6-18-12(2)14-11-13(17)7-8-15(14)20-10-9-16(3,4)19-5/h7-8,11-12,18H,6,9-10H2,1-5H3. The summed E-state index contributed by atoms with van der Waals surface area (Å²) in [6.07, 6.45) is 0.856. The molecule has 0 saturated carbocycles. The quantitative estimate of drug-likeness (QED) is 0.762. The molecule has 4 heteroatoms. The molecule has 1 aromatic rings. The molecule has 0 amide bonds. The lowest BCUT2D eigenvalue weighted by atomic mass is 10.1. The molecular weight excluding hydrogens is 318 g/mol. The topological polar surface area (TPSA) is 30.5 Å². The average molecular weight is 344 g/mol. The van der Waals surface area contributed by atoms with E-state index in [1.54, 1.807) is 7.11 Å². The molecule has 0 radical (unpaired) electrons. The van der Waals surface area contributed by atoms with E-state index in [1.807, 2.05) is 12.1 Å². The fraction of sp³-hybridized carbons (Fsp3) is 0.625. The van der Waals surface area contributed by atoms with Gasteiger partial charge in [-0.15, -0.1) is 0 Å². The number of hydrogen-bond donors (Lipinski definition) is 1. The lowest BCUT2D eigenvalue weighted by Gasteiger charge is -2.24. The smallest absolute Gasteiger partial charge is 0.124 e. The third-order valence-corrected chi connectivity index (χ3v) is 3.96. The molecule has 3 nitrogen and oxygen atoms in total. The van der Waals surface area contributed by atoms with Crippen molar-refractivity contribution in [3.8, 4) is 5.75 Å². The highest BCUT2D eigenvalue weighted by Crippen LogP contribution is 2.29. The van der Waals surface area contributed by atoms with Gasteiger partial charge in [-0.3, -0.25) is 0 Å². The van der Waals surface area contributed by atoms with Gasteiger partial charge >= 0.3 is 0 Å². The molecule has 1 aromatic carbocycles. The Morgan fingerprint density at radius 3 is 2.65 bits per heavy atom. The zero-order chi connectivity index (χ0) is 15.2. The van der Waals surface area contributed by atoms with Crippen molar-refractivity contribution in [2.75, 3.05) is 20.3 Å². The van der Waals surface area contributed by atoms with Gasteiger partial charge in [-0.05, 0) is 45.5 Å². The summed E-state index contributed by atoms with van der Waals surface area (Å²) < 4.78 is 12.4. The zero-order valence-electron chi connectivity index (χ0n) is 13.1. The number of benzene rings is 1. The van der Waals surface area contributed by atoms with Gasteiger partial charge in [-0.25, -0.2) is 0 Å². The van der Waals surface area contributed by atoms with Crippen molar-refractivity contribution in [2.24, 2.45) is 0 Å². The van der Waals surface area contributed by atoms with Crippen LogP contribution in [0.5, 0.6) is 5.75 Å². The van der Waals surface area contributed by atoms with E-state index in [2.05, 4.69) is 55.0 Å². The Morgan fingerprint density at radius 2 is 2.05 bits per heavy atom. The van der Waals surface area contributed by atoms with Crippen molar-refractivity contribution in [3.05, 3.63) is 28.2 Å². The first-order valence-electron chi connectivity index (χ1n) is 7.10. The van der Waals surface area contributed by atoms with Gasteiger partial charge in [-0.2, -0.15) is 0 Å². The second-order valence-electron chi connectivity index (χ2n) is 5.52. The van der Waals surface area contributed by atoms with Crippen LogP contribution in [0.4, 0.5) is 0 Å². The van der Waals surface area contributed by atoms with Crippen molar-refractivity contribution in [1.29, 1.82) is 0 Å². The van der Waals surface area contributed by atoms with E-state index in [0.29, 0.717) is 6.61 Å². The second kappa shape index (κ2) is 8.01. The molecule has 20 heavy (non-hydrogen) atoms. The van der Waals surface area contributed by atoms with Crippen LogP contribution in [-0.2, 0) is 4.74 Å². The minimum absolute atomic E-state index is 0.150. The van der Waals surface area contributed by atoms with Gasteiger partial charge in [0, 0.05) is 29.6 Å². The fourth-order valence-electron chi connectivity index (χ4n) is 1.91. The number of halogens is 1. The van der Waals surface area contributed by atoms with Gasteiger partial charge < -0.3 is 14.8 Å². The maximum atomic E-state index is 5.96. The number of methoxy groups -OCH3 is 1. The van der Waals surface area contributed by atoms with Crippen LogP contribution in [0.15, 0.2) is 22.7 Å². The van der Waals surface area contributed by atoms with Crippen molar-refractivity contribution in [1.82, 2.24) is 5.32 Å². The highest BCUT2D eigenvalue weighted by molar-refractivity contribution is 9.10. The first kappa shape index (κ1) is 17.5. The SMILES string of the molecule is CCNC(C)c1cc(Br)ccc1OCCC(C)(C)OC. The number of hydrogen-bond acceptors (Lipinski definition) is 3. The molecule has 0 fully saturated rings. The van der Waals surface area contributed by atoms with Crippen LogP contribution in [0, 0.1) is 0 Å². The summed E-state index contributed by atoms with van der Waals surface area (Å²) in [5, 5.41) is 3.42. The van der Waals surface area contributed by atoms with Crippen molar-refractivity contribution in [3.63, 3.8) is 0 Å². The van der Waals surface area contributed by atoms with Crippen LogP contribution in [0.3, 0.4) is 0 Å². The van der Waals surface area contributed by atoms with Gasteiger partial charge in [0.25, 0.3) is 0 Å². The average Bonchev–Trinajstić information content (AvgIpc) is 2.40. The van der Waals surface area contributed by atoms with E-state index in [0.717, 1.165) is 23.2 Å². The Hall–Kier alpha value is -0.580. The van der Waals surface area contributed by atoms with Gasteiger partial charge in [0.15, 0.2) is 0 Å². The summed E-state index contributed by atoms with van der Waals surface area (Å²) in [7, 11) is 1.73. The summed E-state index contributed by atoms with van der Waals surface area (Å²) in [6.45, 7) is 9.98. The third-order valence-electron chi connectivity index (χ3n) is 3.46. The first-order chi connectivity index (χ1) is 9.39. The lowest BCUT2D eigenvalue weighted by Crippen LogP contribution is -2.25. The molecule has 0 spiro atoms. The van der Waals surface area contributed by atoms with E-state index in [-0.39, 0.29) is 11.6 Å². The molecular formula is C16H26BrNO2. The summed E-state index contributed by atoms with van der Waals surface area (Å²) in [6, 6.07) is 6.42. The van der Waals surface area contributed by atoms with E-state index >= 15 is 0 Å². The van der Waals surface area contributed by atoms with Crippen LogP contribution in [0.25, 0.3) is 0 Å². The maximum absolute atomic E-state index is 5.96. The molecule has 114 valence electrons. The zero-order valence-corrected chi connectivity index (χ0v) is 14.7. The summed E-state index contributed by atoms with van der Waals surface area (Å²) in [5.41, 5.74) is 1.03. The Kier molecular flexibility index (Phi) is 7.00. The van der Waals surface area contributed by atoms with Crippen LogP contribution in [0.1, 0.15) is 45.7 Å². The lowest BCUT2D eigenvalue weighted by molar-refractivity contribution is 0.00535. The normalized spacial score (nSPS) is 13.3. The largest absolute Gasteiger partial charge is 0.493 e. The third kappa shape index (κ3) is 5.43. The minimum Gasteiger partial charge on any atom is -0.493 e. The van der Waals surface area contributed by atoms with Crippen molar-refractivity contribution >= 4 is 15.9 Å². The van der Waals surface area contributed by atoms with Crippen LogP contribution >= 0.6 is 15.9 Å². The highest BCUT2D eigenvalue weighted by atomic mass is 79.9. The van der Waals surface area contributed by atoms with E-state index in [1.165, 1.54) is 5.56 Å². The fourth-order valence-corrected chi connectivity index (χ4v) is 2.29. The summed E-state index contributed by atoms with van der Waals surface area (Å²) >= 11 is 3.52. The Labute approximate surface area is 131 Å². The number of nitrogens with one attached hydrogen (secondary N) is 1.